The summed E-state index contributed by atoms with van der Waals surface area (Å²) < 4.78 is 40.1. The zero-order valence-corrected chi connectivity index (χ0v) is 19.8. The fourth-order valence-electron chi connectivity index (χ4n) is 5.15. The summed E-state index contributed by atoms with van der Waals surface area (Å²) in [7, 11) is 0. The first-order valence-corrected chi connectivity index (χ1v) is 11.5. The first kappa shape index (κ1) is 23.7. The predicted molar refractivity (Wildman–Crippen MR) is 121 cm³/mol. The summed E-state index contributed by atoms with van der Waals surface area (Å²) in [5, 5.41) is 9.96. The molecule has 0 unspecified atom stereocenters. The number of fused-ring (bicyclic) bond motifs is 3. The average molecular weight is 459 g/mol. The summed E-state index contributed by atoms with van der Waals surface area (Å²) >= 11 is 0. The molecular formula is C27H32F2O4. The number of hydrogen-bond acceptors (Lipinski definition) is 3. The second-order valence-corrected chi connectivity index (χ2v) is 10.9. The summed E-state index contributed by atoms with van der Waals surface area (Å²) in [6, 6.07) is 9.56. The van der Waals surface area contributed by atoms with Gasteiger partial charge in [0.1, 0.15) is 23.0 Å². The molecule has 0 spiro atoms. The van der Waals surface area contributed by atoms with Crippen LogP contribution in [0.4, 0.5) is 8.78 Å². The zero-order chi connectivity index (χ0) is 24.1. The highest BCUT2D eigenvalue weighted by molar-refractivity contribution is 5.71. The molecule has 0 amide bonds. The lowest BCUT2D eigenvalue weighted by Crippen LogP contribution is -2.52. The number of carboxylic acid groups (broad SMARTS) is 1. The van der Waals surface area contributed by atoms with Crippen LogP contribution in [0.1, 0.15) is 70.3 Å². The molecule has 2 heterocycles. The van der Waals surface area contributed by atoms with Crippen molar-refractivity contribution >= 4 is 5.97 Å². The Kier molecular flexibility index (Phi) is 6.02. The Bertz CT molecular complexity index is 1040. The van der Waals surface area contributed by atoms with E-state index in [1.807, 2.05) is 19.9 Å². The highest BCUT2D eigenvalue weighted by Gasteiger charge is 2.52. The van der Waals surface area contributed by atoms with Gasteiger partial charge in [-0.15, -0.1) is 0 Å². The lowest BCUT2D eigenvalue weighted by atomic mass is 9.70. The zero-order valence-electron chi connectivity index (χ0n) is 19.8. The van der Waals surface area contributed by atoms with Crippen LogP contribution in [0.5, 0.6) is 5.75 Å². The van der Waals surface area contributed by atoms with Gasteiger partial charge in [-0.1, -0.05) is 26.8 Å². The number of aliphatic carboxylic acids is 1. The van der Waals surface area contributed by atoms with E-state index in [0.29, 0.717) is 24.8 Å². The number of aryl methyl sites for hydroxylation is 1. The Morgan fingerprint density at radius 1 is 1.12 bits per heavy atom. The Hall–Kier alpha value is -2.47. The van der Waals surface area contributed by atoms with Crippen molar-refractivity contribution in [3.63, 3.8) is 0 Å². The van der Waals surface area contributed by atoms with Gasteiger partial charge in [0.2, 0.25) is 0 Å². The van der Waals surface area contributed by atoms with Crippen LogP contribution in [0.2, 0.25) is 0 Å². The van der Waals surface area contributed by atoms with Gasteiger partial charge in [-0.05, 0) is 73.9 Å². The summed E-state index contributed by atoms with van der Waals surface area (Å²) in [5.74, 6) is -2.30. The van der Waals surface area contributed by atoms with E-state index in [-0.39, 0.29) is 17.4 Å². The molecule has 1 saturated heterocycles. The molecule has 4 rings (SSSR count). The van der Waals surface area contributed by atoms with Crippen molar-refractivity contribution in [1.82, 2.24) is 0 Å². The third-order valence-corrected chi connectivity index (χ3v) is 7.05. The van der Waals surface area contributed by atoms with E-state index in [9.17, 15) is 18.7 Å². The lowest BCUT2D eigenvalue weighted by Gasteiger charge is -2.50. The molecule has 0 aliphatic carbocycles. The van der Waals surface area contributed by atoms with Crippen LogP contribution in [-0.4, -0.2) is 22.8 Å². The first-order chi connectivity index (χ1) is 15.3. The molecule has 0 saturated carbocycles. The molecule has 1 N–H and O–H groups in total. The first-order valence-electron chi connectivity index (χ1n) is 11.5. The number of benzene rings is 2. The van der Waals surface area contributed by atoms with Gasteiger partial charge >= 0.3 is 5.97 Å². The molecule has 2 aromatic carbocycles. The molecule has 4 nitrogen and oxygen atoms in total. The molecule has 178 valence electrons. The van der Waals surface area contributed by atoms with Gasteiger partial charge in [0.05, 0.1) is 18.1 Å². The van der Waals surface area contributed by atoms with Crippen LogP contribution >= 0.6 is 0 Å². The van der Waals surface area contributed by atoms with Crippen molar-refractivity contribution in [2.75, 3.05) is 0 Å². The van der Waals surface area contributed by atoms with Crippen LogP contribution in [0.25, 0.3) is 0 Å². The van der Waals surface area contributed by atoms with Crippen LogP contribution in [-0.2, 0) is 21.4 Å². The minimum atomic E-state index is -0.922. The summed E-state index contributed by atoms with van der Waals surface area (Å²) in [6.07, 6.45) is 0.216. The normalized spacial score (nSPS) is 26.2. The van der Waals surface area contributed by atoms with Crippen LogP contribution < -0.4 is 4.74 Å². The topological polar surface area (TPSA) is 55.8 Å². The van der Waals surface area contributed by atoms with Gasteiger partial charge in [0.25, 0.3) is 0 Å². The smallest absolute Gasteiger partial charge is 0.309 e. The number of carbonyl (C=O) groups is 1. The summed E-state index contributed by atoms with van der Waals surface area (Å²) in [6.45, 7) is 10.4. The van der Waals surface area contributed by atoms with Crippen molar-refractivity contribution < 1.29 is 28.2 Å². The molecule has 0 radical (unpaired) electrons. The summed E-state index contributed by atoms with van der Waals surface area (Å²) in [4.78, 5) is 12.2. The van der Waals surface area contributed by atoms with Crippen molar-refractivity contribution in [1.29, 1.82) is 0 Å². The molecule has 33 heavy (non-hydrogen) atoms. The van der Waals surface area contributed by atoms with E-state index in [0.717, 1.165) is 22.9 Å². The quantitative estimate of drug-likeness (QED) is 0.592. The largest absolute Gasteiger partial charge is 0.487 e. The highest BCUT2D eigenvalue weighted by atomic mass is 19.1. The van der Waals surface area contributed by atoms with Gasteiger partial charge < -0.3 is 14.6 Å². The lowest BCUT2D eigenvalue weighted by molar-refractivity contribution is -0.188. The van der Waals surface area contributed by atoms with E-state index >= 15 is 0 Å². The molecule has 6 heteroatoms. The minimum Gasteiger partial charge on any atom is -0.487 e. The van der Waals surface area contributed by atoms with Gasteiger partial charge in [0, 0.05) is 17.5 Å². The van der Waals surface area contributed by atoms with Crippen LogP contribution in [0, 0.1) is 23.5 Å². The Balaban J connectivity index is 1.66. The highest BCUT2D eigenvalue weighted by Crippen LogP contribution is 2.53. The second kappa shape index (κ2) is 8.39. The van der Waals surface area contributed by atoms with Gasteiger partial charge in [-0.25, -0.2) is 8.78 Å². The molecule has 0 bridgehead atoms. The molecule has 1 fully saturated rings. The molecule has 0 aromatic heterocycles. The molecule has 2 aliphatic rings. The maximum absolute atomic E-state index is 13.6. The van der Waals surface area contributed by atoms with Crippen molar-refractivity contribution in [2.45, 2.75) is 77.1 Å². The van der Waals surface area contributed by atoms with Crippen LogP contribution in [0.3, 0.4) is 0 Å². The molecule has 4 atom stereocenters. The number of rotatable bonds is 4. The maximum Gasteiger partial charge on any atom is 0.309 e. The number of halogens is 2. The van der Waals surface area contributed by atoms with Gasteiger partial charge in [-0.3, -0.25) is 4.79 Å². The Morgan fingerprint density at radius 2 is 1.79 bits per heavy atom. The monoisotopic (exact) mass is 458 g/mol. The SMILES string of the molecule is CC(C)(C)c1ccc2c(c1)[C@H]1O[C@@H](CCc3cc(F)cc(F)c3)[C@@H](C(=O)O)C[C@@H]1C(C)(C)O2. The fourth-order valence-corrected chi connectivity index (χ4v) is 5.15. The minimum absolute atomic E-state index is 0.0589. The van der Waals surface area contributed by atoms with Gasteiger partial charge in [0.15, 0.2) is 0 Å². The third kappa shape index (κ3) is 4.77. The third-order valence-electron chi connectivity index (χ3n) is 7.05. The number of carboxylic acids is 1. The molecule has 2 aromatic rings. The standard InChI is InChI=1S/C27H32F2O4/c1-26(2,3)16-7-9-23-19(12-16)24-21(27(4,5)33-23)14-20(25(30)31)22(32-24)8-6-15-10-17(28)13-18(29)11-15/h7,9-13,20-22,24H,6,8,14H2,1-5H3,(H,30,31)/t20-,21-,22-,24+/m0/s1. The van der Waals surface area contributed by atoms with E-state index in [1.54, 1.807) is 0 Å². The second-order valence-electron chi connectivity index (χ2n) is 10.9. The van der Waals surface area contributed by atoms with Crippen molar-refractivity contribution in [3.8, 4) is 5.75 Å². The fraction of sp³-hybridized carbons (Fsp3) is 0.519. The van der Waals surface area contributed by atoms with Crippen molar-refractivity contribution in [2.24, 2.45) is 11.8 Å². The van der Waals surface area contributed by atoms with E-state index in [2.05, 4.69) is 32.9 Å². The maximum atomic E-state index is 13.6. The van der Waals surface area contributed by atoms with E-state index < -0.39 is 35.2 Å². The average Bonchev–Trinajstić information content (AvgIpc) is 2.69. The van der Waals surface area contributed by atoms with E-state index in [4.69, 9.17) is 9.47 Å². The number of hydrogen-bond donors (Lipinski definition) is 1. The van der Waals surface area contributed by atoms with Crippen molar-refractivity contribution in [3.05, 3.63) is 64.7 Å². The molecule has 2 aliphatic heterocycles. The Labute approximate surface area is 193 Å². The predicted octanol–water partition coefficient (Wildman–Crippen LogP) is 6.21. The van der Waals surface area contributed by atoms with E-state index in [1.165, 1.54) is 12.1 Å². The van der Waals surface area contributed by atoms with Crippen LogP contribution in [0.15, 0.2) is 36.4 Å². The molecular weight excluding hydrogens is 426 g/mol. The summed E-state index contributed by atoms with van der Waals surface area (Å²) in [5.41, 5.74) is 1.93. The number of ether oxygens (including phenoxy) is 2. The van der Waals surface area contributed by atoms with Gasteiger partial charge in [-0.2, -0.15) is 0 Å². The Morgan fingerprint density at radius 3 is 2.39 bits per heavy atom.